The molecule has 0 amide bonds. The summed E-state index contributed by atoms with van der Waals surface area (Å²) in [4.78, 5) is 0. The molecule has 0 saturated heterocycles. The van der Waals surface area contributed by atoms with Crippen LogP contribution in [0.1, 0.15) is 19.8 Å². The molecular weight excluding hydrogens is 140 g/mol. The molecular formula is C7H9Fe-. The fourth-order valence-electron chi connectivity index (χ4n) is 0.685. The number of hydrogen-bond donors (Lipinski definition) is 0. The average molecular weight is 149 g/mol. The van der Waals surface area contributed by atoms with Crippen molar-refractivity contribution < 1.29 is 17.1 Å². The molecule has 0 saturated carbocycles. The van der Waals surface area contributed by atoms with Crippen molar-refractivity contribution in [1.82, 2.24) is 0 Å². The fraction of sp³-hybridized carbons (Fsp3) is 0.429. The Morgan fingerprint density at radius 2 is 2.50 bits per heavy atom. The Bertz CT molecular complexity index is 112. The molecule has 1 rings (SSSR count). The van der Waals surface area contributed by atoms with Gasteiger partial charge in [-0.3, -0.25) is 6.08 Å². The van der Waals surface area contributed by atoms with E-state index >= 15 is 0 Å². The Morgan fingerprint density at radius 1 is 1.75 bits per heavy atom. The first-order chi connectivity index (χ1) is 3.43. The molecule has 0 nitrogen and oxygen atoms in total. The van der Waals surface area contributed by atoms with E-state index < -0.39 is 0 Å². The molecule has 0 radical (unpaired) electrons. The molecule has 8 heavy (non-hydrogen) atoms. The zero-order valence-corrected chi connectivity index (χ0v) is 6.03. The van der Waals surface area contributed by atoms with Crippen LogP contribution in [0.25, 0.3) is 0 Å². The Hall–Kier alpha value is -0.000519. The molecule has 0 heterocycles. The van der Waals surface area contributed by atoms with Gasteiger partial charge in [-0.1, -0.05) is 13.3 Å². The van der Waals surface area contributed by atoms with E-state index in [-0.39, 0.29) is 17.1 Å². The van der Waals surface area contributed by atoms with Crippen LogP contribution in [0.4, 0.5) is 0 Å². The van der Waals surface area contributed by atoms with Crippen molar-refractivity contribution in [2.45, 2.75) is 19.8 Å². The first kappa shape index (κ1) is 8.00. The summed E-state index contributed by atoms with van der Waals surface area (Å²) in [7, 11) is 0. The molecule has 1 heteroatoms. The van der Waals surface area contributed by atoms with Crippen LogP contribution in [0.5, 0.6) is 0 Å². The second-order valence-corrected chi connectivity index (χ2v) is 1.69. The predicted molar refractivity (Wildman–Crippen MR) is 30.8 cm³/mol. The van der Waals surface area contributed by atoms with E-state index in [1.807, 2.05) is 0 Å². The maximum atomic E-state index is 3.11. The van der Waals surface area contributed by atoms with Crippen LogP contribution in [0.3, 0.4) is 0 Å². The molecule has 0 spiro atoms. The van der Waals surface area contributed by atoms with E-state index in [0.29, 0.717) is 0 Å². The average Bonchev–Trinajstić information content (AvgIpc) is 2.14. The molecule has 0 aliphatic heterocycles. The van der Waals surface area contributed by atoms with Gasteiger partial charge in [-0.25, -0.2) is 11.6 Å². The van der Waals surface area contributed by atoms with E-state index in [1.54, 1.807) is 0 Å². The first-order valence-corrected chi connectivity index (χ1v) is 2.69. The van der Waals surface area contributed by atoms with Gasteiger partial charge in [0, 0.05) is 17.1 Å². The van der Waals surface area contributed by atoms with Gasteiger partial charge in [0.15, 0.2) is 0 Å². The molecule has 0 fully saturated rings. The minimum Gasteiger partial charge on any atom is -0.273 e. The molecule has 0 aromatic heterocycles. The van der Waals surface area contributed by atoms with E-state index in [0.717, 1.165) is 12.8 Å². The summed E-state index contributed by atoms with van der Waals surface area (Å²) in [6.45, 7) is 2.16. The molecule has 0 aromatic carbocycles. The van der Waals surface area contributed by atoms with Crippen molar-refractivity contribution in [2.75, 3.05) is 0 Å². The maximum absolute atomic E-state index is 3.11. The topological polar surface area (TPSA) is 0 Å². The Morgan fingerprint density at radius 3 is 2.75 bits per heavy atom. The molecule has 0 atom stereocenters. The van der Waals surface area contributed by atoms with Crippen LogP contribution < -0.4 is 0 Å². The van der Waals surface area contributed by atoms with Gasteiger partial charge in [-0.05, 0) is 0 Å². The third kappa shape index (κ3) is 1.85. The molecule has 0 unspecified atom stereocenters. The first-order valence-electron chi connectivity index (χ1n) is 2.69. The minimum atomic E-state index is 0. The van der Waals surface area contributed by atoms with Crippen LogP contribution in [0.15, 0.2) is 17.7 Å². The normalized spacial score (nSPS) is 15.4. The van der Waals surface area contributed by atoms with Gasteiger partial charge in [0.25, 0.3) is 0 Å². The second kappa shape index (κ2) is 3.94. The summed E-state index contributed by atoms with van der Waals surface area (Å²) in [6, 6.07) is 0. The van der Waals surface area contributed by atoms with E-state index in [2.05, 4.69) is 25.2 Å². The van der Waals surface area contributed by atoms with Gasteiger partial charge in [0.05, 0.1) is 0 Å². The van der Waals surface area contributed by atoms with Crippen molar-refractivity contribution in [1.29, 1.82) is 0 Å². The Balaban J connectivity index is 0.000000490. The van der Waals surface area contributed by atoms with Crippen molar-refractivity contribution in [3.8, 4) is 0 Å². The van der Waals surface area contributed by atoms with Crippen LogP contribution in [0, 0.1) is 6.08 Å². The van der Waals surface area contributed by atoms with E-state index in [9.17, 15) is 0 Å². The maximum Gasteiger partial charge on any atom is 0 e. The SMILES string of the molecule is CCC1=CC[C-]=C1.[Fe]. The molecule has 1 aliphatic rings. The third-order valence-electron chi connectivity index (χ3n) is 1.18. The second-order valence-electron chi connectivity index (χ2n) is 1.69. The number of hydrogen-bond acceptors (Lipinski definition) is 0. The van der Waals surface area contributed by atoms with Gasteiger partial charge in [0.2, 0.25) is 0 Å². The summed E-state index contributed by atoms with van der Waals surface area (Å²) >= 11 is 0. The predicted octanol–water partition coefficient (Wildman–Crippen LogP) is 2.08. The third-order valence-corrected chi connectivity index (χ3v) is 1.18. The fourth-order valence-corrected chi connectivity index (χ4v) is 0.685. The van der Waals surface area contributed by atoms with Gasteiger partial charge in [0.1, 0.15) is 0 Å². The molecule has 46 valence electrons. The smallest absolute Gasteiger partial charge is 0 e. The van der Waals surface area contributed by atoms with E-state index in [1.165, 1.54) is 5.57 Å². The Kier molecular flexibility index (Phi) is 3.94. The largest absolute Gasteiger partial charge is 0.273 e. The number of allylic oxidation sites excluding steroid dienone is 4. The van der Waals surface area contributed by atoms with Crippen molar-refractivity contribution >= 4 is 0 Å². The van der Waals surface area contributed by atoms with Crippen molar-refractivity contribution in [3.05, 3.63) is 23.8 Å². The summed E-state index contributed by atoms with van der Waals surface area (Å²) in [5.41, 5.74) is 1.43. The van der Waals surface area contributed by atoms with Crippen molar-refractivity contribution in [3.63, 3.8) is 0 Å². The minimum absolute atomic E-state index is 0. The van der Waals surface area contributed by atoms with Crippen LogP contribution >= 0.6 is 0 Å². The van der Waals surface area contributed by atoms with Gasteiger partial charge in [-0.2, -0.15) is 6.08 Å². The van der Waals surface area contributed by atoms with Gasteiger partial charge < -0.3 is 0 Å². The van der Waals surface area contributed by atoms with Gasteiger partial charge in [-0.15, -0.1) is 6.42 Å². The summed E-state index contributed by atoms with van der Waals surface area (Å²) in [5.74, 6) is 0. The number of rotatable bonds is 1. The molecule has 0 aromatic rings. The standard InChI is InChI=1S/C7H9.Fe/c1-2-7-5-3-4-6-7;/h5-6H,2-3H2,1H3;/q-1;. The Labute approximate surface area is 61.1 Å². The molecule has 1 aliphatic carbocycles. The zero-order chi connectivity index (χ0) is 5.11. The van der Waals surface area contributed by atoms with Crippen LogP contribution in [-0.2, 0) is 17.1 Å². The molecule has 0 N–H and O–H groups in total. The summed E-state index contributed by atoms with van der Waals surface area (Å²) < 4.78 is 0. The monoisotopic (exact) mass is 149 g/mol. The van der Waals surface area contributed by atoms with Crippen LogP contribution in [0.2, 0.25) is 0 Å². The quantitative estimate of drug-likeness (QED) is 0.395. The van der Waals surface area contributed by atoms with Crippen LogP contribution in [-0.4, -0.2) is 0 Å². The van der Waals surface area contributed by atoms with E-state index in [4.69, 9.17) is 0 Å². The molecule has 0 bridgehead atoms. The zero-order valence-electron chi connectivity index (χ0n) is 4.92. The van der Waals surface area contributed by atoms with Crippen molar-refractivity contribution in [2.24, 2.45) is 0 Å². The van der Waals surface area contributed by atoms with Gasteiger partial charge >= 0.3 is 0 Å². The summed E-state index contributed by atoms with van der Waals surface area (Å²) in [5, 5.41) is 0. The summed E-state index contributed by atoms with van der Waals surface area (Å²) in [6.07, 6.45) is 9.57.